The van der Waals surface area contributed by atoms with Gasteiger partial charge in [0.15, 0.2) is 5.78 Å². The third-order valence-corrected chi connectivity index (χ3v) is 3.69. The number of phenolic OH excluding ortho intramolecular Hbond substituents is 2. The molecule has 0 aliphatic carbocycles. The van der Waals surface area contributed by atoms with Gasteiger partial charge in [-0.15, -0.1) is 0 Å². The Morgan fingerprint density at radius 3 is 2.12 bits per heavy atom. The van der Waals surface area contributed by atoms with Crippen molar-refractivity contribution in [1.29, 1.82) is 0 Å². The van der Waals surface area contributed by atoms with Gasteiger partial charge in [0.1, 0.15) is 11.5 Å². The first kappa shape index (κ1) is 15.6. The highest BCUT2D eigenvalue weighted by Gasteiger charge is 2.08. The van der Waals surface area contributed by atoms with Gasteiger partial charge >= 0.3 is 0 Å². The molecule has 0 atom stereocenters. The smallest absolute Gasteiger partial charge is 0.189 e. The average molecular weight is 316 g/mol. The Hall–Kier alpha value is -3.33. The molecule has 0 radical (unpaired) electrons. The SMILES string of the molecule is O=C(/C=C/c1ccc(-c2ccccc2)cc1)c1ccc(O)cc1O. The number of rotatable bonds is 4. The van der Waals surface area contributed by atoms with Crippen molar-refractivity contribution >= 4 is 11.9 Å². The van der Waals surface area contributed by atoms with E-state index in [9.17, 15) is 15.0 Å². The van der Waals surface area contributed by atoms with Gasteiger partial charge in [0.05, 0.1) is 5.56 Å². The van der Waals surface area contributed by atoms with Crippen LogP contribution in [0.1, 0.15) is 15.9 Å². The molecular weight excluding hydrogens is 300 g/mol. The third-order valence-electron chi connectivity index (χ3n) is 3.69. The van der Waals surface area contributed by atoms with Crippen molar-refractivity contribution in [2.45, 2.75) is 0 Å². The molecule has 118 valence electrons. The molecule has 0 aliphatic heterocycles. The van der Waals surface area contributed by atoms with E-state index in [2.05, 4.69) is 0 Å². The molecule has 0 fully saturated rings. The van der Waals surface area contributed by atoms with Crippen molar-refractivity contribution in [2.75, 3.05) is 0 Å². The normalized spacial score (nSPS) is 10.8. The fourth-order valence-corrected chi connectivity index (χ4v) is 2.41. The second kappa shape index (κ2) is 6.84. The summed E-state index contributed by atoms with van der Waals surface area (Å²) in [7, 11) is 0. The molecule has 0 heterocycles. The summed E-state index contributed by atoms with van der Waals surface area (Å²) >= 11 is 0. The van der Waals surface area contributed by atoms with Crippen molar-refractivity contribution in [3.8, 4) is 22.6 Å². The van der Waals surface area contributed by atoms with Gasteiger partial charge in [0.2, 0.25) is 0 Å². The molecule has 0 saturated carbocycles. The van der Waals surface area contributed by atoms with Crippen LogP contribution in [0.25, 0.3) is 17.2 Å². The molecule has 2 N–H and O–H groups in total. The van der Waals surface area contributed by atoms with Crippen LogP contribution in [-0.2, 0) is 0 Å². The summed E-state index contributed by atoms with van der Waals surface area (Å²) in [6.45, 7) is 0. The van der Waals surface area contributed by atoms with Crippen LogP contribution in [0, 0.1) is 0 Å². The second-order valence-electron chi connectivity index (χ2n) is 5.39. The standard InChI is InChI=1S/C21H16O3/c22-18-11-12-19(21(24)14-18)20(23)13-8-15-6-9-17(10-7-15)16-4-2-1-3-5-16/h1-14,22,24H/b13-8+. The number of aromatic hydroxyl groups is 2. The lowest BCUT2D eigenvalue weighted by Crippen LogP contribution is -1.94. The molecule has 0 saturated heterocycles. The largest absolute Gasteiger partial charge is 0.508 e. The van der Waals surface area contributed by atoms with Crippen LogP contribution >= 0.6 is 0 Å². The molecule has 0 bridgehead atoms. The average Bonchev–Trinajstić information content (AvgIpc) is 2.61. The highest BCUT2D eigenvalue weighted by atomic mass is 16.3. The number of phenols is 2. The van der Waals surface area contributed by atoms with Crippen molar-refractivity contribution in [2.24, 2.45) is 0 Å². The Balaban J connectivity index is 1.76. The summed E-state index contributed by atoms with van der Waals surface area (Å²) in [5.74, 6) is -0.631. The lowest BCUT2D eigenvalue weighted by molar-refractivity contribution is 0.104. The van der Waals surface area contributed by atoms with Gasteiger partial charge in [-0.2, -0.15) is 0 Å². The maximum absolute atomic E-state index is 12.1. The molecule has 0 unspecified atom stereocenters. The van der Waals surface area contributed by atoms with Crippen LogP contribution in [-0.4, -0.2) is 16.0 Å². The van der Waals surface area contributed by atoms with Crippen LogP contribution in [0.3, 0.4) is 0 Å². The number of hydrogen-bond acceptors (Lipinski definition) is 3. The van der Waals surface area contributed by atoms with E-state index >= 15 is 0 Å². The highest BCUT2D eigenvalue weighted by molar-refractivity contribution is 6.08. The van der Waals surface area contributed by atoms with Gasteiger partial charge in [-0.25, -0.2) is 0 Å². The molecule has 0 spiro atoms. The van der Waals surface area contributed by atoms with Crippen molar-refractivity contribution < 1.29 is 15.0 Å². The van der Waals surface area contributed by atoms with E-state index in [4.69, 9.17) is 0 Å². The lowest BCUT2D eigenvalue weighted by atomic mass is 10.0. The fraction of sp³-hybridized carbons (Fsp3) is 0. The van der Waals surface area contributed by atoms with Crippen molar-refractivity contribution in [3.05, 3.63) is 90.0 Å². The Morgan fingerprint density at radius 1 is 0.792 bits per heavy atom. The number of benzene rings is 3. The van der Waals surface area contributed by atoms with Crippen LogP contribution in [0.2, 0.25) is 0 Å². The van der Waals surface area contributed by atoms with E-state index < -0.39 is 0 Å². The summed E-state index contributed by atoms with van der Waals surface area (Å²) in [5, 5.41) is 19.0. The van der Waals surface area contributed by atoms with Gasteiger partial charge in [-0.1, -0.05) is 60.7 Å². The first-order valence-electron chi connectivity index (χ1n) is 7.53. The quantitative estimate of drug-likeness (QED) is 0.543. The number of allylic oxidation sites excluding steroid dienone is 1. The Morgan fingerprint density at radius 2 is 1.46 bits per heavy atom. The van der Waals surface area contributed by atoms with E-state index in [-0.39, 0.29) is 22.8 Å². The zero-order valence-electron chi connectivity index (χ0n) is 12.9. The van der Waals surface area contributed by atoms with Gasteiger partial charge < -0.3 is 10.2 Å². The van der Waals surface area contributed by atoms with Crippen molar-refractivity contribution in [3.63, 3.8) is 0 Å². The maximum Gasteiger partial charge on any atom is 0.189 e. The van der Waals surface area contributed by atoms with Gasteiger partial charge in [-0.05, 0) is 34.9 Å². The predicted octanol–water partition coefficient (Wildman–Crippen LogP) is 4.66. The molecule has 3 aromatic carbocycles. The molecule has 3 nitrogen and oxygen atoms in total. The molecule has 3 rings (SSSR count). The Bertz CT molecular complexity index is 879. The predicted molar refractivity (Wildman–Crippen MR) is 95.0 cm³/mol. The third kappa shape index (κ3) is 3.52. The van der Waals surface area contributed by atoms with E-state index in [0.29, 0.717) is 0 Å². The number of carbonyl (C=O) groups is 1. The zero-order valence-corrected chi connectivity index (χ0v) is 12.9. The molecule has 0 amide bonds. The minimum Gasteiger partial charge on any atom is -0.508 e. The summed E-state index contributed by atoms with van der Waals surface area (Å²) in [5.41, 5.74) is 3.29. The van der Waals surface area contributed by atoms with Gasteiger partial charge in [-0.3, -0.25) is 4.79 Å². The minimum atomic E-state index is -0.320. The molecule has 0 aliphatic rings. The van der Waals surface area contributed by atoms with Crippen LogP contribution in [0.15, 0.2) is 78.9 Å². The first-order valence-corrected chi connectivity index (χ1v) is 7.53. The number of ketones is 1. The molecular formula is C21H16O3. The summed E-state index contributed by atoms with van der Waals surface area (Å²) in [4.78, 5) is 12.1. The van der Waals surface area contributed by atoms with Crippen LogP contribution < -0.4 is 0 Å². The first-order chi connectivity index (χ1) is 11.6. The monoisotopic (exact) mass is 316 g/mol. The lowest BCUT2D eigenvalue weighted by Gasteiger charge is -2.02. The molecule has 0 aromatic heterocycles. The summed E-state index contributed by atoms with van der Waals surface area (Å²) in [6.07, 6.45) is 3.10. The Kier molecular flexibility index (Phi) is 4.43. The van der Waals surface area contributed by atoms with E-state index in [0.717, 1.165) is 22.8 Å². The molecule has 3 aromatic rings. The summed E-state index contributed by atoms with van der Waals surface area (Å²) < 4.78 is 0. The summed E-state index contributed by atoms with van der Waals surface area (Å²) in [6, 6.07) is 21.8. The van der Waals surface area contributed by atoms with Crippen molar-refractivity contribution in [1.82, 2.24) is 0 Å². The van der Waals surface area contributed by atoms with E-state index in [1.54, 1.807) is 6.08 Å². The number of hydrogen-bond donors (Lipinski definition) is 2. The van der Waals surface area contributed by atoms with Crippen LogP contribution in [0.4, 0.5) is 0 Å². The van der Waals surface area contributed by atoms with E-state index in [1.807, 2.05) is 54.6 Å². The molecule has 24 heavy (non-hydrogen) atoms. The van der Waals surface area contributed by atoms with E-state index in [1.165, 1.54) is 18.2 Å². The minimum absolute atomic E-state index is 0.0791. The van der Waals surface area contributed by atoms with Gasteiger partial charge in [0, 0.05) is 6.07 Å². The maximum atomic E-state index is 12.1. The highest BCUT2D eigenvalue weighted by Crippen LogP contribution is 2.24. The fourth-order valence-electron chi connectivity index (χ4n) is 2.41. The van der Waals surface area contributed by atoms with Gasteiger partial charge in [0.25, 0.3) is 0 Å². The Labute approximate surface area is 140 Å². The zero-order chi connectivity index (χ0) is 16.9. The molecule has 3 heteroatoms. The van der Waals surface area contributed by atoms with Crippen LogP contribution in [0.5, 0.6) is 11.5 Å². The topological polar surface area (TPSA) is 57.5 Å². The number of carbonyl (C=O) groups excluding carboxylic acids is 1. The second-order valence-corrected chi connectivity index (χ2v) is 5.39.